The van der Waals surface area contributed by atoms with Crippen LogP contribution in [0.25, 0.3) is 32.0 Å². The molecule has 1 heterocycles. The van der Waals surface area contributed by atoms with E-state index in [9.17, 15) is 0 Å². The fourth-order valence-electron chi connectivity index (χ4n) is 6.27. The lowest BCUT2D eigenvalue weighted by Crippen LogP contribution is -2.20. The summed E-state index contributed by atoms with van der Waals surface area (Å²) in [5, 5.41) is 0. The van der Waals surface area contributed by atoms with Gasteiger partial charge in [-0.05, 0) is 45.9 Å². The predicted molar refractivity (Wildman–Crippen MR) is 196 cm³/mol. The molecular formula is C42H36N2S. The van der Waals surface area contributed by atoms with E-state index < -0.39 is 0 Å². The summed E-state index contributed by atoms with van der Waals surface area (Å²) < 4.78 is 0. The molecule has 1 aliphatic carbocycles. The van der Waals surface area contributed by atoms with Crippen molar-refractivity contribution in [3.63, 3.8) is 0 Å². The van der Waals surface area contributed by atoms with E-state index in [2.05, 4.69) is 125 Å². The van der Waals surface area contributed by atoms with Crippen molar-refractivity contribution in [3.8, 4) is 32.0 Å². The van der Waals surface area contributed by atoms with Crippen molar-refractivity contribution in [1.82, 2.24) is 0 Å². The molecule has 0 saturated heterocycles. The molecule has 0 fully saturated rings. The Morgan fingerprint density at radius 1 is 0.711 bits per heavy atom. The highest BCUT2D eigenvalue weighted by atomic mass is 32.1. The van der Waals surface area contributed by atoms with Gasteiger partial charge in [-0.15, -0.1) is 11.3 Å². The van der Waals surface area contributed by atoms with Gasteiger partial charge < -0.3 is 0 Å². The fraction of sp³-hybridized carbons (Fsp3) is 0.0952. The third kappa shape index (κ3) is 5.52. The minimum Gasteiger partial charge on any atom is -0.233 e. The molecular weight excluding hydrogens is 565 g/mol. The lowest BCUT2D eigenvalue weighted by Gasteiger charge is -2.25. The molecule has 0 unspecified atom stereocenters. The Kier molecular flexibility index (Phi) is 8.30. The molecule has 45 heavy (non-hydrogen) atoms. The van der Waals surface area contributed by atoms with E-state index in [1.807, 2.05) is 42.5 Å². The maximum atomic E-state index is 5.21. The van der Waals surface area contributed by atoms with Crippen LogP contribution < -0.4 is 0 Å². The largest absolute Gasteiger partial charge is 0.233 e. The van der Waals surface area contributed by atoms with Gasteiger partial charge in [-0.3, -0.25) is 0 Å². The van der Waals surface area contributed by atoms with Crippen LogP contribution in [0.15, 0.2) is 168 Å². The van der Waals surface area contributed by atoms with Gasteiger partial charge in [-0.2, -0.15) is 0 Å². The average molecular weight is 601 g/mol. The first-order valence-electron chi connectivity index (χ1n) is 15.1. The Bertz CT molecular complexity index is 2000. The Balaban J connectivity index is 1.63. The molecule has 0 N–H and O–H groups in total. The van der Waals surface area contributed by atoms with E-state index >= 15 is 0 Å². The van der Waals surface area contributed by atoms with Crippen LogP contribution in [0.2, 0.25) is 0 Å². The van der Waals surface area contributed by atoms with Crippen molar-refractivity contribution in [2.24, 2.45) is 9.98 Å². The lowest BCUT2D eigenvalue weighted by atomic mass is 9.79. The molecule has 3 heteroatoms. The highest BCUT2D eigenvalue weighted by Gasteiger charge is 2.43. The zero-order chi connectivity index (χ0) is 31.6. The van der Waals surface area contributed by atoms with Crippen LogP contribution >= 0.6 is 11.3 Å². The van der Waals surface area contributed by atoms with Crippen molar-refractivity contribution in [1.29, 1.82) is 0 Å². The average Bonchev–Trinajstić information content (AvgIpc) is 3.59. The van der Waals surface area contributed by atoms with Gasteiger partial charge in [0.15, 0.2) is 5.84 Å². The SMILES string of the molecule is C=C/C=C(\C=C)C(=C)N=C(N=C(C)c1ccccc1)c1cccc2c1C(C)(C)c1c(-c3ccccc3)sc(-c3ccccc3)c1-2. The number of amidine groups is 1. The zero-order valence-corrected chi connectivity index (χ0v) is 26.9. The first-order chi connectivity index (χ1) is 21.8. The summed E-state index contributed by atoms with van der Waals surface area (Å²) in [4.78, 5) is 12.9. The summed E-state index contributed by atoms with van der Waals surface area (Å²) in [7, 11) is 0. The zero-order valence-electron chi connectivity index (χ0n) is 26.0. The second-order valence-corrected chi connectivity index (χ2v) is 12.6. The number of nitrogens with zero attached hydrogens (tertiary/aromatic N) is 2. The van der Waals surface area contributed by atoms with Gasteiger partial charge in [0, 0.05) is 32.0 Å². The van der Waals surface area contributed by atoms with E-state index in [1.165, 1.54) is 43.1 Å². The fourth-order valence-corrected chi connectivity index (χ4v) is 7.75. The number of thiophene rings is 1. The second-order valence-electron chi connectivity index (χ2n) is 11.6. The molecule has 0 aliphatic heterocycles. The molecule has 1 aromatic heterocycles. The molecule has 0 spiro atoms. The van der Waals surface area contributed by atoms with Crippen LogP contribution in [0.3, 0.4) is 0 Å². The summed E-state index contributed by atoms with van der Waals surface area (Å²) in [6.07, 6.45) is 5.36. The standard InChI is InChI=1S/C42H36N2S/c1-7-19-30(8-2)28(3)43-41(44-29(4)31-20-12-9-13-21-31)35-27-18-26-34-36-38(42(5,6)37(34)35)40(33-24-16-11-17-25-33)45-39(36)32-22-14-10-15-23-32/h7-27H,1-3H2,4-6H3/b30-19+,43-41?,44-29?. The highest BCUT2D eigenvalue weighted by molar-refractivity contribution is 7.19. The van der Waals surface area contributed by atoms with Crippen LogP contribution in [0.4, 0.5) is 0 Å². The molecule has 0 amide bonds. The van der Waals surface area contributed by atoms with E-state index in [4.69, 9.17) is 9.98 Å². The van der Waals surface area contributed by atoms with Gasteiger partial charge in [0.2, 0.25) is 0 Å². The van der Waals surface area contributed by atoms with E-state index in [-0.39, 0.29) is 5.41 Å². The van der Waals surface area contributed by atoms with Crippen molar-refractivity contribution in [2.45, 2.75) is 26.2 Å². The molecule has 220 valence electrons. The topological polar surface area (TPSA) is 24.7 Å². The lowest BCUT2D eigenvalue weighted by molar-refractivity contribution is 0.662. The van der Waals surface area contributed by atoms with Gasteiger partial charge in [0.25, 0.3) is 0 Å². The summed E-state index contributed by atoms with van der Waals surface area (Å²) >= 11 is 1.88. The first kappa shape index (κ1) is 29.9. The Morgan fingerprint density at radius 2 is 1.31 bits per heavy atom. The van der Waals surface area contributed by atoms with Crippen LogP contribution in [0.5, 0.6) is 0 Å². The minimum absolute atomic E-state index is 0.327. The summed E-state index contributed by atoms with van der Waals surface area (Å²) in [6.45, 7) is 18.9. The number of allylic oxidation sites excluding steroid dienone is 3. The molecule has 0 bridgehead atoms. The molecule has 0 atom stereocenters. The quantitative estimate of drug-likeness (QED) is 0.0961. The number of hydrogen-bond acceptors (Lipinski definition) is 2. The predicted octanol–water partition coefficient (Wildman–Crippen LogP) is 11.5. The minimum atomic E-state index is -0.327. The maximum absolute atomic E-state index is 5.21. The summed E-state index contributed by atoms with van der Waals surface area (Å²) in [5.74, 6) is 0.624. The first-order valence-corrected chi connectivity index (χ1v) is 15.9. The van der Waals surface area contributed by atoms with E-state index in [1.54, 1.807) is 12.2 Å². The highest BCUT2D eigenvalue weighted by Crippen LogP contribution is 2.60. The summed E-state index contributed by atoms with van der Waals surface area (Å²) in [6, 6.07) is 38.3. The van der Waals surface area contributed by atoms with Crippen LogP contribution in [-0.4, -0.2) is 11.5 Å². The number of fused-ring (bicyclic) bond motifs is 3. The van der Waals surface area contributed by atoms with E-state index in [0.29, 0.717) is 11.5 Å². The van der Waals surface area contributed by atoms with Crippen molar-refractivity contribution < 1.29 is 0 Å². The van der Waals surface area contributed by atoms with Gasteiger partial charge in [-0.25, -0.2) is 9.98 Å². The van der Waals surface area contributed by atoms with Gasteiger partial charge >= 0.3 is 0 Å². The third-order valence-corrected chi connectivity index (χ3v) is 9.65. The monoisotopic (exact) mass is 600 g/mol. The third-order valence-electron chi connectivity index (χ3n) is 8.36. The molecule has 2 nitrogen and oxygen atoms in total. The summed E-state index contributed by atoms with van der Waals surface area (Å²) in [5.41, 5.74) is 11.5. The number of rotatable bonds is 8. The number of hydrogen-bond donors (Lipinski definition) is 0. The Morgan fingerprint density at radius 3 is 1.91 bits per heavy atom. The van der Waals surface area contributed by atoms with Gasteiger partial charge in [0.1, 0.15) is 0 Å². The van der Waals surface area contributed by atoms with Crippen molar-refractivity contribution >= 4 is 22.9 Å². The molecule has 6 rings (SSSR count). The number of aliphatic imine (C=N–C) groups is 2. The van der Waals surface area contributed by atoms with Gasteiger partial charge in [0.05, 0.1) is 5.70 Å². The van der Waals surface area contributed by atoms with Crippen molar-refractivity contribution in [3.05, 3.63) is 181 Å². The normalized spacial score (nSPS) is 14.1. The Hall–Kier alpha value is -5.12. The Labute approximate surface area is 270 Å². The van der Waals surface area contributed by atoms with Crippen LogP contribution in [0.1, 0.15) is 43.0 Å². The number of benzene rings is 4. The molecule has 5 aromatic rings. The molecule has 4 aromatic carbocycles. The second kappa shape index (κ2) is 12.5. The van der Waals surface area contributed by atoms with E-state index in [0.717, 1.165) is 22.4 Å². The maximum Gasteiger partial charge on any atom is 0.160 e. The molecule has 1 aliphatic rings. The van der Waals surface area contributed by atoms with Gasteiger partial charge in [-0.1, -0.05) is 161 Å². The van der Waals surface area contributed by atoms with Crippen molar-refractivity contribution in [2.75, 3.05) is 0 Å². The smallest absolute Gasteiger partial charge is 0.160 e. The van der Waals surface area contributed by atoms with Crippen LogP contribution in [-0.2, 0) is 5.41 Å². The molecule has 0 radical (unpaired) electrons. The van der Waals surface area contributed by atoms with Crippen LogP contribution in [0, 0.1) is 0 Å². The molecule has 0 saturated carbocycles.